The lowest BCUT2D eigenvalue weighted by Crippen LogP contribution is -2.23. The Labute approximate surface area is 146 Å². The molecule has 132 valence electrons. The Morgan fingerprint density at radius 3 is 2.38 bits per heavy atom. The van der Waals surface area contributed by atoms with Gasteiger partial charge < -0.3 is 10.4 Å². The molecule has 0 saturated carbocycles. The monoisotopic (exact) mass is 328 g/mol. The van der Waals surface area contributed by atoms with Crippen LogP contribution in [0.2, 0.25) is 0 Å². The molecule has 0 radical (unpaired) electrons. The summed E-state index contributed by atoms with van der Waals surface area (Å²) in [7, 11) is 0. The lowest BCUT2D eigenvalue weighted by Gasteiger charge is -2.23. The maximum Gasteiger partial charge on any atom is 0.0813 e. The third-order valence-electron chi connectivity index (χ3n) is 4.75. The molecule has 24 heavy (non-hydrogen) atoms. The second-order valence-electron chi connectivity index (χ2n) is 6.75. The average Bonchev–Trinajstić information content (AvgIpc) is 3.06. The van der Waals surface area contributed by atoms with Crippen LogP contribution in [0.3, 0.4) is 0 Å². The van der Waals surface area contributed by atoms with Gasteiger partial charge in [0.05, 0.1) is 5.54 Å². The number of benzene rings is 1. The van der Waals surface area contributed by atoms with E-state index in [-0.39, 0.29) is 12.1 Å². The third kappa shape index (κ3) is 6.98. The summed E-state index contributed by atoms with van der Waals surface area (Å²) < 4.78 is 0. The van der Waals surface area contributed by atoms with E-state index in [1.165, 1.54) is 44.1 Å². The van der Waals surface area contributed by atoms with Crippen LogP contribution in [0.4, 0.5) is 0 Å². The van der Waals surface area contributed by atoms with Crippen molar-refractivity contribution in [2.24, 2.45) is 4.99 Å². The van der Waals surface area contributed by atoms with Crippen molar-refractivity contribution in [1.29, 1.82) is 0 Å². The van der Waals surface area contributed by atoms with Crippen LogP contribution in [-0.4, -0.2) is 30.0 Å². The first kappa shape index (κ1) is 18.9. The molecular formula is C21H32N2O. The molecule has 0 saturated heterocycles. The normalized spacial score (nSPS) is 19.2. The van der Waals surface area contributed by atoms with Crippen molar-refractivity contribution in [3.8, 4) is 0 Å². The molecule has 1 aliphatic rings. The van der Waals surface area contributed by atoms with Crippen LogP contribution in [0.1, 0.15) is 56.9 Å². The van der Waals surface area contributed by atoms with Gasteiger partial charge in [-0.2, -0.15) is 0 Å². The van der Waals surface area contributed by atoms with Crippen molar-refractivity contribution < 1.29 is 5.11 Å². The Bertz CT molecular complexity index is 484. The summed E-state index contributed by atoms with van der Waals surface area (Å²) >= 11 is 0. The number of nitrogens with zero attached hydrogens (tertiary/aromatic N) is 1. The molecule has 2 rings (SSSR count). The zero-order chi connectivity index (χ0) is 16.9. The van der Waals surface area contributed by atoms with E-state index in [4.69, 9.17) is 0 Å². The largest absolute Gasteiger partial charge is 0.396 e. The van der Waals surface area contributed by atoms with Gasteiger partial charge in [0.1, 0.15) is 0 Å². The average molecular weight is 328 g/mol. The molecule has 0 spiro atoms. The van der Waals surface area contributed by atoms with Crippen molar-refractivity contribution in [1.82, 2.24) is 5.32 Å². The van der Waals surface area contributed by atoms with E-state index >= 15 is 0 Å². The zero-order valence-electron chi connectivity index (χ0n) is 14.8. The number of hydrogen-bond donors (Lipinski definition) is 2. The van der Waals surface area contributed by atoms with Crippen LogP contribution in [-0.2, 0) is 6.54 Å². The van der Waals surface area contributed by atoms with Crippen molar-refractivity contribution in [2.75, 3.05) is 13.2 Å². The van der Waals surface area contributed by atoms with Gasteiger partial charge in [0, 0.05) is 19.4 Å². The predicted octanol–water partition coefficient (Wildman–Crippen LogP) is 4.27. The highest BCUT2D eigenvalue weighted by Gasteiger charge is 2.26. The summed E-state index contributed by atoms with van der Waals surface area (Å²) in [6.07, 6.45) is 15.5. The zero-order valence-corrected chi connectivity index (χ0v) is 14.8. The first-order valence-corrected chi connectivity index (χ1v) is 9.43. The Morgan fingerprint density at radius 2 is 1.67 bits per heavy atom. The quantitative estimate of drug-likeness (QED) is 0.531. The number of unbranched alkanes of at least 4 members (excludes halogenated alkanes) is 5. The molecular weight excluding hydrogens is 296 g/mol. The third-order valence-corrected chi connectivity index (χ3v) is 4.75. The molecule has 1 unspecified atom stereocenters. The molecule has 1 aromatic rings. The van der Waals surface area contributed by atoms with Gasteiger partial charge in [-0.1, -0.05) is 68.5 Å². The minimum atomic E-state index is -0.101. The number of nitrogens with one attached hydrogen (secondary N) is 1. The lowest BCUT2D eigenvalue weighted by molar-refractivity contribution is 0.252. The van der Waals surface area contributed by atoms with E-state index < -0.39 is 0 Å². The highest BCUT2D eigenvalue weighted by molar-refractivity contribution is 5.75. The Balaban J connectivity index is 1.42. The summed E-state index contributed by atoms with van der Waals surface area (Å²) in [6, 6.07) is 10.6. The van der Waals surface area contributed by atoms with Crippen LogP contribution < -0.4 is 5.32 Å². The topological polar surface area (TPSA) is 44.6 Å². The fourth-order valence-corrected chi connectivity index (χ4v) is 3.29. The molecule has 3 heteroatoms. The van der Waals surface area contributed by atoms with E-state index in [1.807, 2.05) is 12.3 Å². The van der Waals surface area contributed by atoms with E-state index in [2.05, 4.69) is 46.7 Å². The number of aliphatic imine (C=N–C) groups is 1. The maximum absolute atomic E-state index is 9.19. The lowest BCUT2D eigenvalue weighted by atomic mass is 9.90. The minimum Gasteiger partial charge on any atom is -0.396 e. The highest BCUT2D eigenvalue weighted by atomic mass is 16.3. The van der Waals surface area contributed by atoms with Crippen LogP contribution in [0, 0.1) is 0 Å². The number of aliphatic hydroxyl groups is 1. The summed E-state index contributed by atoms with van der Waals surface area (Å²) in [5.41, 5.74) is 1.26. The fourth-order valence-electron chi connectivity index (χ4n) is 3.29. The smallest absolute Gasteiger partial charge is 0.0813 e. The molecule has 1 aliphatic heterocycles. The number of aliphatic hydroxyl groups excluding tert-OH is 1. The van der Waals surface area contributed by atoms with Gasteiger partial charge >= 0.3 is 0 Å². The summed E-state index contributed by atoms with van der Waals surface area (Å²) in [4.78, 5) is 4.55. The van der Waals surface area contributed by atoms with Crippen molar-refractivity contribution in [2.45, 2.75) is 63.5 Å². The van der Waals surface area contributed by atoms with Gasteiger partial charge in [0.25, 0.3) is 0 Å². The van der Waals surface area contributed by atoms with Crippen LogP contribution in [0.25, 0.3) is 0 Å². The van der Waals surface area contributed by atoms with Crippen molar-refractivity contribution in [3.63, 3.8) is 0 Å². The fraction of sp³-hybridized carbons (Fsp3) is 0.571. The van der Waals surface area contributed by atoms with Crippen molar-refractivity contribution >= 4 is 6.21 Å². The van der Waals surface area contributed by atoms with Gasteiger partial charge in [0.15, 0.2) is 0 Å². The summed E-state index contributed by atoms with van der Waals surface area (Å²) in [5.74, 6) is 0. The second kappa shape index (κ2) is 11.2. The van der Waals surface area contributed by atoms with Gasteiger partial charge in [-0.05, 0) is 37.4 Å². The maximum atomic E-state index is 9.19. The Morgan fingerprint density at radius 1 is 0.917 bits per heavy atom. The summed E-state index contributed by atoms with van der Waals surface area (Å²) in [6.45, 7) is 2.30. The molecule has 0 amide bonds. The minimum absolute atomic E-state index is 0.101. The summed E-state index contributed by atoms with van der Waals surface area (Å²) in [5, 5.41) is 12.7. The molecule has 1 atom stereocenters. The number of allylic oxidation sites excluding steroid dienone is 1. The SMILES string of the molecule is OCCC1(CCCCCCCCNCc2ccccc2)C=CC=N1. The van der Waals surface area contributed by atoms with Gasteiger partial charge in [-0.3, -0.25) is 4.99 Å². The van der Waals surface area contributed by atoms with Gasteiger partial charge in [-0.15, -0.1) is 0 Å². The van der Waals surface area contributed by atoms with Crippen LogP contribution in [0.15, 0.2) is 47.5 Å². The number of hydrogen-bond acceptors (Lipinski definition) is 3. The van der Waals surface area contributed by atoms with Crippen LogP contribution >= 0.6 is 0 Å². The Hall–Kier alpha value is -1.45. The van der Waals surface area contributed by atoms with Crippen LogP contribution in [0.5, 0.6) is 0 Å². The standard InChI is InChI=1S/C21H32N2O/c24-18-15-21(14-10-17-23-21)13-8-3-1-2-4-9-16-22-19-20-11-6-5-7-12-20/h5-7,10-12,14,17,22,24H,1-4,8-9,13,15-16,18-19H2. The molecule has 0 aliphatic carbocycles. The molecule has 3 nitrogen and oxygen atoms in total. The first-order valence-electron chi connectivity index (χ1n) is 9.43. The molecule has 0 aromatic heterocycles. The molecule has 1 aromatic carbocycles. The van der Waals surface area contributed by atoms with Gasteiger partial charge in [-0.25, -0.2) is 0 Å². The van der Waals surface area contributed by atoms with Gasteiger partial charge in [0.2, 0.25) is 0 Å². The Kier molecular flexibility index (Phi) is 8.78. The van der Waals surface area contributed by atoms with E-state index in [0.717, 1.165) is 25.9 Å². The first-order chi connectivity index (χ1) is 11.8. The molecule has 0 bridgehead atoms. The van der Waals surface area contributed by atoms with E-state index in [1.54, 1.807) is 0 Å². The van der Waals surface area contributed by atoms with Crippen molar-refractivity contribution in [3.05, 3.63) is 48.0 Å². The number of rotatable bonds is 13. The molecule has 0 fully saturated rings. The second-order valence-corrected chi connectivity index (χ2v) is 6.75. The highest BCUT2D eigenvalue weighted by Crippen LogP contribution is 2.28. The molecule has 1 heterocycles. The predicted molar refractivity (Wildman–Crippen MR) is 103 cm³/mol. The molecule has 2 N–H and O–H groups in total. The van der Waals surface area contributed by atoms with E-state index in [0.29, 0.717) is 0 Å². The van der Waals surface area contributed by atoms with E-state index in [9.17, 15) is 5.11 Å².